The molecule has 0 saturated carbocycles. The molecule has 0 saturated heterocycles. The summed E-state index contributed by atoms with van der Waals surface area (Å²) in [6.07, 6.45) is 2.01. The van der Waals surface area contributed by atoms with Crippen LogP contribution in [0, 0.1) is 5.92 Å². The quantitative estimate of drug-likeness (QED) is 0.715. The molecule has 1 aromatic carbocycles. The number of carbonyl (C=O) groups excluding carboxylic acids is 1. The van der Waals surface area contributed by atoms with Crippen LogP contribution in [0.2, 0.25) is 0 Å². The molecular weight excluding hydrogens is 250 g/mol. The van der Waals surface area contributed by atoms with Gasteiger partial charge in [0.25, 0.3) is 0 Å². The Kier molecular flexibility index (Phi) is 7.09. The Balaban J connectivity index is 2.15. The highest BCUT2D eigenvalue weighted by molar-refractivity contribution is 5.81. The second-order valence-electron chi connectivity index (χ2n) is 5.53. The van der Waals surface area contributed by atoms with Crippen molar-refractivity contribution >= 4 is 11.6 Å². The van der Waals surface area contributed by atoms with Crippen LogP contribution in [0.4, 0.5) is 5.69 Å². The van der Waals surface area contributed by atoms with Crippen molar-refractivity contribution in [1.29, 1.82) is 0 Å². The van der Waals surface area contributed by atoms with Crippen LogP contribution in [0.25, 0.3) is 0 Å². The Hall–Kier alpha value is -1.55. The fourth-order valence-electron chi connectivity index (χ4n) is 1.92. The summed E-state index contributed by atoms with van der Waals surface area (Å²) in [6.45, 7) is 5.59. The smallest absolute Gasteiger partial charge is 0.237 e. The molecule has 0 heterocycles. The normalized spacial score (nSPS) is 12.2. The number of anilines is 1. The monoisotopic (exact) mass is 277 g/mol. The lowest BCUT2D eigenvalue weighted by atomic mass is 10.1. The largest absolute Gasteiger partial charge is 0.375 e. The zero-order valence-corrected chi connectivity index (χ0v) is 12.8. The minimum Gasteiger partial charge on any atom is -0.375 e. The number of nitrogens with one attached hydrogen (secondary N) is 1. The molecule has 0 fully saturated rings. The predicted molar refractivity (Wildman–Crippen MR) is 84.8 cm³/mol. The maximum absolute atomic E-state index is 11.7. The lowest BCUT2D eigenvalue weighted by molar-refractivity contribution is -0.123. The highest BCUT2D eigenvalue weighted by Gasteiger charge is 2.15. The fraction of sp³-hybridized carbons (Fsp3) is 0.562. The third-order valence-corrected chi connectivity index (χ3v) is 3.44. The summed E-state index contributed by atoms with van der Waals surface area (Å²) in [4.78, 5) is 13.9. The van der Waals surface area contributed by atoms with Gasteiger partial charge in [0.15, 0.2) is 0 Å². The van der Waals surface area contributed by atoms with E-state index in [1.807, 2.05) is 32.0 Å². The van der Waals surface area contributed by atoms with Crippen molar-refractivity contribution in [2.75, 3.05) is 25.0 Å². The van der Waals surface area contributed by atoms with Crippen LogP contribution in [-0.2, 0) is 4.79 Å². The summed E-state index contributed by atoms with van der Waals surface area (Å²) in [5.41, 5.74) is 7.00. The lowest BCUT2D eigenvalue weighted by Gasteiger charge is -2.19. The maximum atomic E-state index is 11.7. The van der Waals surface area contributed by atoms with Gasteiger partial charge in [-0.1, -0.05) is 32.0 Å². The summed E-state index contributed by atoms with van der Waals surface area (Å²) in [5, 5.41) is 2.89. The number of hydrogen-bond acceptors (Lipinski definition) is 3. The van der Waals surface area contributed by atoms with Crippen LogP contribution < -0.4 is 16.0 Å². The molecule has 1 amide bonds. The van der Waals surface area contributed by atoms with Crippen molar-refractivity contribution in [3.63, 3.8) is 0 Å². The Morgan fingerprint density at radius 2 is 1.90 bits per heavy atom. The van der Waals surface area contributed by atoms with E-state index in [0.717, 1.165) is 19.4 Å². The number of nitrogens with zero attached hydrogens (tertiary/aromatic N) is 1. The molecule has 0 aliphatic carbocycles. The van der Waals surface area contributed by atoms with Gasteiger partial charge in [0.05, 0.1) is 6.04 Å². The summed E-state index contributed by atoms with van der Waals surface area (Å²) in [6, 6.07) is 9.90. The first-order chi connectivity index (χ1) is 9.52. The second kappa shape index (κ2) is 8.59. The maximum Gasteiger partial charge on any atom is 0.237 e. The van der Waals surface area contributed by atoms with E-state index in [2.05, 4.69) is 29.4 Å². The van der Waals surface area contributed by atoms with E-state index in [9.17, 15) is 4.79 Å². The molecule has 3 N–H and O–H groups in total. The van der Waals surface area contributed by atoms with E-state index >= 15 is 0 Å². The van der Waals surface area contributed by atoms with E-state index in [1.165, 1.54) is 5.69 Å². The zero-order valence-electron chi connectivity index (χ0n) is 12.8. The number of benzene rings is 1. The van der Waals surface area contributed by atoms with Crippen molar-refractivity contribution < 1.29 is 4.79 Å². The Morgan fingerprint density at radius 3 is 2.50 bits per heavy atom. The van der Waals surface area contributed by atoms with E-state index in [0.29, 0.717) is 6.54 Å². The van der Waals surface area contributed by atoms with Gasteiger partial charge in [0.2, 0.25) is 5.91 Å². The third kappa shape index (κ3) is 5.61. The molecule has 20 heavy (non-hydrogen) atoms. The van der Waals surface area contributed by atoms with Crippen molar-refractivity contribution in [3.05, 3.63) is 30.3 Å². The molecule has 1 aromatic rings. The highest BCUT2D eigenvalue weighted by atomic mass is 16.2. The number of amides is 1. The molecule has 4 nitrogen and oxygen atoms in total. The summed E-state index contributed by atoms with van der Waals surface area (Å²) < 4.78 is 0. The van der Waals surface area contributed by atoms with E-state index in [4.69, 9.17) is 5.73 Å². The van der Waals surface area contributed by atoms with Gasteiger partial charge in [-0.2, -0.15) is 0 Å². The van der Waals surface area contributed by atoms with Gasteiger partial charge >= 0.3 is 0 Å². The molecule has 0 unspecified atom stereocenters. The van der Waals surface area contributed by atoms with Gasteiger partial charge in [0.1, 0.15) is 0 Å². The van der Waals surface area contributed by atoms with Crippen LogP contribution in [0.15, 0.2) is 30.3 Å². The molecule has 1 rings (SSSR count). The number of nitrogens with two attached hydrogens (primary N) is 1. The second-order valence-corrected chi connectivity index (χ2v) is 5.53. The molecule has 0 bridgehead atoms. The average molecular weight is 277 g/mol. The van der Waals surface area contributed by atoms with Gasteiger partial charge in [-0.3, -0.25) is 4.79 Å². The van der Waals surface area contributed by atoms with Gasteiger partial charge in [-0.15, -0.1) is 0 Å². The molecule has 0 radical (unpaired) electrons. The fourth-order valence-corrected chi connectivity index (χ4v) is 1.92. The first kappa shape index (κ1) is 16.5. The molecule has 0 aromatic heterocycles. The van der Waals surface area contributed by atoms with Crippen LogP contribution in [0.3, 0.4) is 0 Å². The van der Waals surface area contributed by atoms with Gasteiger partial charge in [-0.05, 0) is 30.9 Å². The lowest BCUT2D eigenvalue weighted by Crippen LogP contribution is -2.44. The molecular formula is C16H27N3O. The SMILES string of the molecule is CC(C)[C@H](N)C(=O)NCCCCN(C)c1ccccc1. The highest BCUT2D eigenvalue weighted by Crippen LogP contribution is 2.11. The number of hydrogen-bond donors (Lipinski definition) is 2. The van der Waals surface area contributed by atoms with Gasteiger partial charge in [0, 0.05) is 25.8 Å². The average Bonchev–Trinajstić information content (AvgIpc) is 2.46. The predicted octanol–water partition coefficient (Wildman–Crippen LogP) is 2.00. The van der Waals surface area contributed by atoms with Crippen LogP contribution in [-0.4, -0.2) is 32.1 Å². The van der Waals surface area contributed by atoms with Gasteiger partial charge in [-0.25, -0.2) is 0 Å². The standard InChI is InChI=1S/C16H27N3O/c1-13(2)15(17)16(20)18-11-7-8-12-19(3)14-9-5-4-6-10-14/h4-6,9-10,13,15H,7-8,11-12,17H2,1-3H3,(H,18,20)/t15-/m0/s1. The zero-order chi connectivity index (χ0) is 15.0. The molecule has 1 atom stereocenters. The van der Waals surface area contributed by atoms with E-state index in [1.54, 1.807) is 0 Å². The Labute approximate surface area is 122 Å². The molecule has 0 aliphatic heterocycles. The summed E-state index contributed by atoms with van der Waals surface area (Å²) >= 11 is 0. The summed E-state index contributed by atoms with van der Waals surface area (Å²) in [5.74, 6) is 0.135. The van der Waals surface area contributed by atoms with Crippen LogP contribution >= 0.6 is 0 Å². The molecule has 0 spiro atoms. The Bertz CT molecular complexity index is 392. The number of rotatable bonds is 8. The first-order valence-electron chi connectivity index (χ1n) is 7.32. The van der Waals surface area contributed by atoms with Crippen molar-refractivity contribution in [3.8, 4) is 0 Å². The van der Waals surface area contributed by atoms with Gasteiger partial charge < -0.3 is 16.0 Å². The van der Waals surface area contributed by atoms with Crippen molar-refractivity contribution in [2.24, 2.45) is 11.7 Å². The molecule has 4 heteroatoms. The first-order valence-corrected chi connectivity index (χ1v) is 7.32. The number of carbonyl (C=O) groups is 1. The molecule has 112 valence electrons. The molecule has 0 aliphatic rings. The van der Waals surface area contributed by atoms with E-state index in [-0.39, 0.29) is 11.8 Å². The third-order valence-electron chi connectivity index (χ3n) is 3.44. The summed E-state index contributed by atoms with van der Waals surface area (Å²) in [7, 11) is 2.09. The minimum atomic E-state index is -0.401. The minimum absolute atomic E-state index is 0.0450. The van der Waals surface area contributed by atoms with Crippen LogP contribution in [0.1, 0.15) is 26.7 Å². The van der Waals surface area contributed by atoms with Crippen LogP contribution in [0.5, 0.6) is 0 Å². The Morgan fingerprint density at radius 1 is 1.25 bits per heavy atom. The van der Waals surface area contributed by atoms with E-state index < -0.39 is 6.04 Å². The number of unbranched alkanes of at least 4 members (excludes halogenated alkanes) is 1. The van der Waals surface area contributed by atoms with Crippen molar-refractivity contribution in [2.45, 2.75) is 32.7 Å². The van der Waals surface area contributed by atoms with Crippen molar-refractivity contribution in [1.82, 2.24) is 5.32 Å². The topological polar surface area (TPSA) is 58.4 Å². The number of para-hydroxylation sites is 1.